The first-order valence-corrected chi connectivity index (χ1v) is 6.60. The van der Waals surface area contributed by atoms with E-state index in [4.69, 9.17) is 9.47 Å². The highest BCUT2D eigenvalue weighted by molar-refractivity contribution is 5.91. The minimum Gasteiger partial charge on any atom is -0.497 e. The third-order valence-corrected chi connectivity index (χ3v) is 3.26. The van der Waals surface area contributed by atoms with Gasteiger partial charge in [0.1, 0.15) is 17.9 Å². The number of benzene rings is 2. The monoisotopic (exact) mass is 299 g/mol. The number of nitrogens with zero attached hydrogens (tertiary/aromatic N) is 2. The highest BCUT2D eigenvalue weighted by atomic mass is 19.1. The maximum atomic E-state index is 13.5. The van der Waals surface area contributed by atoms with Crippen molar-refractivity contribution in [3.63, 3.8) is 0 Å². The molecule has 5 nitrogen and oxygen atoms in total. The maximum absolute atomic E-state index is 13.5. The number of nitrogens with one attached hydrogen (secondary N) is 1. The van der Waals surface area contributed by atoms with Crippen LogP contribution in [0, 0.1) is 5.82 Å². The smallest absolute Gasteiger partial charge is 0.165 e. The van der Waals surface area contributed by atoms with Crippen LogP contribution in [0.4, 0.5) is 15.9 Å². The van der Waals surface area contributed by atoms with Gasteiger partial charge in [0.25, 0.3) is 0 Å². The number of fused-ring (bicyclic) bond motifs is 1. The molecule has 0 fully saturated rings. The average molecular weight is 299 g/mol. The Hall–Kier alpha value is -2.89. The number of ether oxygens (including phenoxy) is 2. The van der Waals surface area contributed by atoms with E-state index < -0.39 is 5.82 Å². The van der Waals surface area contributed by atoms with Crippen LogP contribution in [0.5, 0.6) is 11.5 Å². The van der Waals surface area contributed by atoms with Crippen molar-refractivity contribution < 1.29 is 13.9 Å². The molecule has 0 radical (unpaired) electrons. The van der Waals surface area contributed by atoms with Crippen molar-refractivity contribution >= 4 is 22.4 Å². The molecule has 0 unspecified atom stereocenters. The highest BCUT2D eigenvalue weighted by Gasteiger charge is 2.08. The zero-order valence-corrected chi connectivity index (χ0v) is 12.1. The number of rotatable bonds is 4. The molecule has 0 aliphatic rings. The standard InChI is InChI=1S/C16H14FN3O2/c1-21-11-4-5-12-14(8-11)18-9-19-16(12)20-10-3-6-13(17)15(7-10)22-2/h3-9H,1-2H3,(H,18,19,20). The van der Waals surface area contributed by atoms with Crippen LogP contribution in [0.15, 0.2) is 42.7 Å². The molecular weight excluding hydrogens is 285 g/mol. The zero-order chi connectivity index (χ0) is 15.5. The Morgan fingerprint density at radius 1 is 1.00 bits per heavy atom. The Morgan fingerprint density at radius 2 is 1.86 bits per heavy atom. The molecule has 1 heterocycles. The number of hydrogen-bond donors (Lipinski definition) is 1. The van der Waals surface area contributed by atoms with Gasteiger partial charge in [0.15, 0.2) is 11.6 Å². The lowest BCUT2D eigenvalue weighted by molar-refractivity contribution is 0.387. The summed E-state index contributed by atoms with van der Waals surface area (Å²) in [6.45, 7) is 0. The van der Waals surface area contributed by atoms with E-state index in [1.807, 2.05) is 18.2 Å². The van der Waals surface area contributed by atoms with E-state index in [2.05, 4.69) is 15.3 Å². The summed E-state index contributed by atoms with van der Waals surface area (Å²) in [5.41, 5.74) is 1.43. The van der Waals surface area contributed by atoms with Crippen molar-refractivity contribution in [1.29, 1.82) is 0 Å². The molecule has 0 aliphatic heterocycles. The SMILES string of the molecule is COc1ccc2c(Nc3ccc(F)c(OC)c3)ncnc2c1. The van der Waals surface area contributed by atoms with Crippen LogP contribution in [0.1, 0.15) is 0 Å². The van der Waals surface area contributed by atoms with E-state index in [0.717, 1.165) is 16.7 Å². The number of halogens is 1. The molecule has 0 aliphatic carbocycles. The second-order valence-electron chi connectivity index (χ2n) is 4.58. The summed E-state index contributed by atoms with van der Waals surface area (Å²) in [6, 6.07) is 10.1. The summed E-state index contributed by atoms with van der Waals surface area (Å²) in [4.78, 5) is 8.46. The van der Waals surface area contributed by atoms with Gasteiger partial charge in [-0.1, -0.05) is 0 Å². The number of hydrogen-bond acceptors (Lipinski definition) is 5. The van der Waals surface area contributed by atoms with Crippen molar-refractivity contribution in [3.05, 3.63) is 48.5 Å². The molecule has 0 atom stereocenters. The lowest BCUT2D eigenvalue weighted by Gasteiger charge is -2.10. The van der Waals surface area contributed by atoms with Crippen LogP contribution in [0.2, 0.25) is 0 Å². The van der Waals surface area contributed by atoms with E-state index in [0.29, 0.717) is 11.5 Å². The summed E-state index contributed by atoms with van der Waals surface area (Å²) >= 11 is 0. The zero-order valence-electron chi connectivity index (χ0n) is 12.1. The van der Waals surface area contributed by atoms with Crippen molar-refractivity contribution in [3.8, 4) is 11.5 Å². The van der Waals surface area contributed by atoms with Crippen molar-refractivity contribution in [2.75, 3.05) is 19.5 Å². The van der Waals surface area contributed by atoms with Gasteiger partial charge < -0.3 is 14.8 Å². The first-order chi connectivity index (χ1) is 10.7. The number of aromatic nitrogens is 2. The van der Waals surface area contributed by atoms with Gasteiger partial charge in [-0.05, 0) is 24.3 Å². The van der Waals surface area contributed by atoms with E-state index in [1.165, 1.54) is 19.5 Å². The van der Waals surface area contributed by atoms with E-state index >= 15 is 0 Å². The fourth-order valence-electron chi connectivity index (χ4n) is 2.14. The predicted molar refractivity (Wildman–Crippen MR) is 82.3 cm³/mol. The summed E-state index contributed by atoms with van der Waals surface area (Å²) in [5.74, 6) is 1.11. The fraction of sp³-hybridized carbons (Fsp3) is 0.125. The predicted octanol–water partition coefficient (Wildman–Crippen LogP) is 3.53. The minimum absolute atomic E-state index is 0.171. The molecule has 0 saturated heterocycles. The van der Waals surface area contributed by atoms with Crippen LogP contribution in [0.3, 0.4) is 0 Å². The topological polar surface area (TPSA) is 56.3 Å². The summed E-state index contributed by atoms with van der Waals surface area (Å²) < 4.78 is 23.6. The average Bonchev–Trinajstić information content (AvgIpc) is 2.56. The van der Waals surface area contributed by atoms with E-state index in [9.17, 15) is 4.39 Å². The molecule has 1 aromatic heterocycles. The van der Waals surface area contributed by atoms with Crippen molar-refractivity contribution in [2.24, 2.45) is 0 Å². The Bertz CT molecular complexity index is 824. The molecule has 3 rings (SSSR count). The van der Waals surface area contributed by atoms with Crippen LogP contribution >= 0.6 is 0 Å². The first kappa shape index (κ1) is 14.1. The molecular formula is C16H14FN3O2. The van der Waals surface area contributed by atoms with Crippen LogP contribution in [0.25, 0.3) is 10.9 Å². The first-order valence-electron chi connectivity index (χ1n) is 6.60. The fourth-order valence-corrected chi connectivity index (χ4v) is 2.14. The maximum Gasteiger partial charge on any atom is 0.165 e. The Morgan fingerprint density at radius 3 is 2.64 bits per heavy atom. The lowest BCUT2D eigenvalue weighted by atomic mass is 10.2. The summed E-state index contributed by atoms with van der Waals surface area (Å²) in [7, 11) is 3.03. The Kier molecular flexibility index (Phi) is 3.74. The third-order valence-electron chi connectivity index (χ3n) is 3.26. The van der Waals surface area contributed by atoms with Crippen molar-refractivity contribution in [1.82, 2.24) is 9.97 Å². The second-order valence-corrected chi connectivity index (χ2v) is 4.58. The highest BCUT2D eigenvalue weighted by Crippen LogP contribution is 2.28. The molecule has 1 N–H and O–H groups in total. The van der Waals surface area contributed by atoms with Gasteiger partial charge >= 0.3 is 0 Å². The van der Waals surface area contributed by atoms with Crippen LogP contribution in [-0.2, 0) is 0 Å². The molecule has 6 heteroatoms. The molecule has 112 valence electrons. The number of anilines is 2. The molecule has 3 aromatic rings. The molecule has 0 amide bonds. The summed E-state index contributed by atoms with van der Waals surface area (Å²) in [5, 5.41) is 3.99. The molecule has 2 aromatic carbocycles. The van der Waals surface area contributed by atoms with Gasteiger partial charge in [0.05, 0.1) is 19.7 Å². The minimum atomic E-state index is -0.412. The number of methoxy groups -OCH3 is 2. The van der Waals surface area contributed by atoms with Gasteiger partial charge in [-0.3, -0.25) is 0 Å². The molecule has 0 saturated carbocycles. The van der Waals surface area contributed by atoms with Crippen LogP contribution < -0.4 is 14.8 Å². The van der Waals surface area contributed by atoms with Gasteiger partial charge in [-0.15, -0.1) is 0 Å². The second kappa shape index (κ2) is 5.85. The van der Waals surface area contributed by atoms with Gasteiger partial charge in [0.2, 0.25) is 0 Å². The summed E-state index contributed by atoms with van der Waals surface area (Å²) in [6.07, 6.45) is 1.46. The Labute approximate surface area is 126 Å². The largest absolute Gasteiger partial charge is 0.497 e. The molecule has 22 heavy (non-hydrogen) atoms. The van der Waals surface area contributed by atoms with E-state index in [-0.39, 0.29) is 5.75 Å². The van der Waals surface area contributed by atoms with E-state index in [1.54, 1.807) is 19.2 Å². The lowest BCUT2D eigenvalue weighted by Crippen LogP contribution is -1.97. The third kappa shape index (κ3) is 2.63. The quantitative estimate of drug-likeness (QED) is 0.798. The molecule has 0 spiro atoms. The van der Waals surface area contributed by atoms with Crippen LogP contribution in [-0.4, -0.2) is 24.2 Å². The van der Waals surface area contributed by atoms with Crippen molar-refractivity contribution in [2.45, 2.75) is 0 Å². The van der Waals surface area contributed by atoms with Gasteiger partial charge in [-0.25, -0.2) is 14.4 Å². The normalized spacial score (nSPS) is 10.5. The molecule has 0 bridgehead atoms. The van der Waals surface area contributed by atoms with Gasteiger partial charge in [-0.2, -0.15) is 0 Å². The van der Waals surface area contributed by atoms with Gasteiger partial charge in [0, 0.05) is 23.2 Å². The Balaban J connectivity index is 2.00.